The van der Waals surface area contributed by atoms with Crippen molar-refractivity contribution >= 4 is 26.7 Å². The summed E-state index contributed by atoms with van der Waals surface area (Å²) < 4.78 is 12.1. The standard InChI is InChI=1S/C11H17BrN2OS/c1-9(16(2)15)3-4-13-6-10-5-11(12)8-14-7-10/h5,7-9,13H,3-4,6H2,1-2H3. The van der Waals surface area contributed by atoms with E-state index in [0.29, 0.717) is 0 Å². The first kappa shape index (κ1) is 13.8. The van der Waals surface area contributed by atoms with E-state index in [-0.39, 0.29) is 5.25 Å². The summed E-state index contributed by atoms with van der Waals surface area (Å²) in [6.45, 7) is 3.70. The van der Waals surface area contributed by atoms with E-state index in [1.165, 1.54) is 0 Å². The maximum atomic E-state index is 11.1. The minimum absolute atomic E-state index is 0.258. The third-order valence-corrected chi connectivity index (χ3v) is 4.19. The zero-order valence-corrected chi connectivity index (χ0v) is 12.0. The van der Waals surface area contributed by atoms with Gasteiger partial charge in [0.2, 0.25) is 0 Å². The zero-order valence-electron chi connectivity index (χ0n) is 9.57. The van der Waals surface area contributed by atoms with E-state index in [4.69, 9.17) is 0 Å². The zero-order chi connectivity index (χ0) is 12.0. The summed E-state index contributed by atoms with van der Waals surface area (Å²) in [5.74, 6) is 0. The smallest absolute Gasteiger partial charge is 0.0410 e. The second-order valence-corrected chi connectivity index (χ2v) is 6.50. The first-order valence-corrected chi connectivity index (χ1v) is 7.63. The largest absolute Gasteiger partial charge is 0.313 e. The molecule has 0 amide bonds. The van der Waals surface area contributed by atoms with E-state index in [1.807, 2.05) is 19.2 Å². The lowest BCUT2D eigenvalue weighted by molar-refractivity contribution is 0.628. The number of rotatable bonds is 6. The number of nitrogens with one attached hydrogen (secondary N) is 1. The third-order valence-electron chi connectivity index (χ3n) is 2.38. The van der Waals surface area contributed by atoms with Gasteiger partial charge in [0.15, 0.2) is 0 Å². The highest BCUT2D eigenvalue weighted by Crippen LogP contribution is 2.09. The molecule has 2 unspecified atom stereocenters. The molecule has 0 saturated carbocycles. The molecule has 3 nitrogen and oxygen atoms in total. The SMILES string of the molecule is CC(CCNCc1cncc(Br)c1)S(C)=O. The summed E-state index contributed by atoms with van der Waals surface area (Å²) in [6, 6.07) is 2.04. The van der Waals surface area contributed by atoms with Gasteiger partial charge < -0.3 is 5.32 Å². The Bertz CT molecular complexity index is 360. The van der Waals surface area contributed by atoms with Crippen LogP contribution in [0.15, 0.2) is 22.9 Å². The lowest BCUT2D eigenvalue weighted by Gasteiger charge is -2.09. The first-order chi connectivity index (χ1) is 7.59. The highest BCUT2D eigenvalue weighted by Gasteiger charge is 2.04. The summed E-state index contributed by atoms with van der Waals surface area (Å²) in [7, 11) is -0.722. The van der Waals surface area contributed by atoms with Gasteiger partial charge in [-0.3, -0.25) is 9.19 Å². The van der Waals surface area contributed by atoms with Crippen molar-refractivity contribution in [2.45, 2.75) is 25.1 Å². The number of hydrogen-bond acceptors (Lipinski definition) is 3. The van der Waals surface area contributed by atoms with Gasteiger partial charge in [-0.05, 0) is 40.5 Å². The molecule has 0 aliphatic carbocycles. The molecule has 0 fully saturated rings. The van der Waals surface area contributed by atoms with E-state index in [0.717, 1.165) is 29.5 Å². The van der Waals surface area contributed by atoms with Gasteiger partial charge in [-0.15, -0.1) is 0 Å². The van der Waals surface area contributed by atoms with Crippen LogP contribution in [0.5, 0.6) is 0 Å². The van der Waals surface area contributed by atoms with Gasteiger partial charge in [-0.2, -0.15) is 0 Å². The Morgan fingerprint density at radius 2 is 2.31 bits per heavy atom. The fourth-order valence-corrected chi connectivity index (χ4v) is 2.12. The summed E-state index contributed by atoms with van der Waals surface area (Å²) in [5.41, 5.74) is 1.15. The van der Waals surface area contributed by atoms with Gasteiger partial charge in [-0.25, -0.2) is 0 Å². The molecule has 0 aliphatic heterocycles. The second-order valence-electron chi connectivity index (χ2n) is 3.79. The van der Waals surface area contributed by atoms with Crippen molar-refractivity contribution in [2.24, 2.45) is 0 Å². The van der Waals surface area contributed by atoms with Crippen LogP contribution in [0.25, 0.3) is 0 Å². The molecule has 1 heterocycles. The minimum atomic E-state index is -0.722. The van der Waals surface area contributed by atoms with Gasteiger partial charge in [0.1, 0.15) is 0 Å². The number of halogens is 1. The fraction of sp³-hybridized carbons (Fsp3) is 0.545. The maximum absolute atomic E-state index is 11.1. The van der Waals surface area contributed by atoms with Crippen LogP contribution in [-0.2, 0) is 17.3 Å². The van der Waals surface area contributed by atoms with Gasteiger partial charge in [-0.1, -0.05) is 6.92 Å². The van der Waals surface area contributed by atoms with Crippen LogP contribution in [0, 0.1) is 0 Å². The summed E-state index contributed by atoms with van der Waals surface area (Å²) in [5, 5.41) is 3.58. The molecule has 0 aromatic carbocycles. The molecular formula is C11H17BrN2OS. The highest BCUT2D eigenvalue weighted by molar-refractivity contribution is 9.10. The number of hydrogen-bond donors (Lipinski definition) is 1. The van der Waals surface area contributed by atoms with Gasteiger partial charge in [0.05, 0.1) is 0 Å². The predicted molar refractivity (Wildman–Crippen MR) is 71.8 cm³/mol. The maximum Gasteiger partial charge on any atom is 0.0410 e. The number of aromatic nitrogens is 1. The summed E-state index contributed by atoms with van der Waals surface area (Å²) in [4.78, 5) is 4.09. The minimum Gasteiger partial charge on any atom is -0.313 e. The molecule has 5 heteroatoms. The summed E-state index contributed by atoms with van der Waals surface area (Å²) >= 11 is 3.38. The molecule has 2 atom stereocenters. The van der Waals surface area contributed by atoms with Crippen molar-refractivity contribution in [3.05, 3.63) is 28.5 Å². The molecule has 0 spiro atoms. The topological polar surface area (TPSA) is 42.0 Å². The van der Waals surface area contributed by atoms with Crippen LogP contribution >= 0.6 is 15.9 Å². The van der Waals surface area contributed by atoms with Crippen molar-refractivity contribution < 1.29 is 4.21 Å². The molecule has 1 aromatic heterocycles. The Labute approximate surface area is 108 Å². The van der Waals surface area contributed by atoms with E-state index in [2.05, 4.69) is 26.2 Å². The van der Waals surface area contributed by atoms with Crippen molar-refractivity contribution in [3.63, 3.8) is 0 Å². The molecule has 0 aliphatic rings. The second kappa shape index (κ2) is 7.14. The first-order valence-electron chi connectivity index (χ1n) is 5.22. The van der Waals surface area contributed by atoms with E-state index in [1.54, 1.807) is 12.5 Å². The fourth-order valence-electron chi connectivity index (χ4n) is 1.26. The highest BCUT2D eigenvalue weighted by atomic mass is 79.9. The van der Waals surface area contributed by atoms with E-state index >= 15 is 0 Å². The lowest BCUT2D eigenvalue weighted by Crippen LogP contribution is -2.21. The van der Waals surface area contributed by atoms with Crippen molar-refractivity contribution in [2.75, 3.05) is 12.8 Å². The van der Waals surface area contributed by atoms with Crippen molar-refractivity contribution in [1.29, 1.82) is 0 Å². The number of pyridine rings is 1. The molecule has 1 N–H and O–H groups in total. The van der Waals surface area contributed by atoms with Crippen LogP contribution in [0.2, 0.25) is 0 Å². The van der Waals surface area contributed by atoms with E-state index < -0.39 is 10.8 Å². The Balaban J connectivity index is 2.23. The Kier molecular flexibility index (Phi) is 6.16. The Morgan fingerprint density at radius 3 is 2.94 bits per heavy atom. The number of nitrogens with zero attached hydrogens (tertiary/aromatic N) is 1. The molecule has 1 aromatic rings. The molecule has 0 radical (unpaired) electrons. The predicted octanol–water partition coefficient (Wildman–Crippen LogP) is 2.09. The normalized spacial score (nSPS) is 14.7. The molecule has 0 saturated heterocycles. The van der Waals surface area contributed by atoms with E-state index in [9.17, 15) is 4.21 Å². The van der Waals surface area contributed by atoms with Gasteiger partial charge in [0.25, 0.3) is 0 Å². The van der Waals surface area contributed by atoms with Crippen molar-refractivity contribution in [3.8, 4) is 0 Å². The average molecular weight is 305 g/mol. The lowest BCUT2D eigenvalue weighted by atomic mass is 10.2. The van der Waals surface area contributed by atoms with Crippen molar-refractivity contribution in [1.82, 2.24) is 10.3 Å². The Hall–Kier alpha value is -0.260. The molecule has 1 rings (SSSR count). The quantitative estimate of drug-likeness (QED) is 0.818. The molecular weight excluding hydrogens is 288 g/mol. The molecule has 16 heavy (non-hydrogen) atoms. The molecule has 90 valence electrons. The van der Waals surface area contributed by atoms with Crippen LogP contribution in [-0.4, -0.2) is 27.2 Å². The third kappa shape index (κ3) is 5.18. The van der Waals surface area contributed by atoms with Crippen LogP contribution < -0.4 is 5.32 Å². The Morgan fingerprint density at radius 1 is 1.56 bits per heavy atom. The average Bonchev–Trinajstić information content (AvgIpc) is 2.24. The van der Waals surface area contributed by atoms with Crippen LogP contribution in [0.1, 0.15) is 18.9 Å². The van der Waals surface area contributed by atoms with Crippen LogP contribution in [0.4, 0.5) is 0 Å². The van der Waals surface area contributed by atoms with Gasteiger partial charge in [0, 0.05) is 45.7 Å². The monoisotopic (exact) mass is 304 g/mol. The summed E-state index contributed by atoms with van der Waals surface area (Å²) in [6.07, 6.45) is 6.30. The molecule has 0 bridgehead atoms. The van der Waals surface area contributed by atoms with Gasteiger partial charge >= 0.3 is 0 Å². The van der Waals surface area contributed by atoms with Crippen LogP contribution in [0.3, 0.4) is 0 Å².